The zero-order valence-corrected chi connectivity index (χ0v) is 43.3. The highest BCUT2D eigenvalue weighted by Crippen LogP contribution is 2.43. The Morgan fingerprint density at radius 2 is 1.01 bits per heavy atom. The molecule has 0 aliphatic rings. The highest BCUT2D eigenvalue weighted by molar-refractivity contribution is 5.61. The van der Waals surface area contributed by atoms with Gasteiger partial charge in [0, 0.05) is 48.8 Å². The lowest BCUT2D eigenvalue weighted by Crippen LogP contribution is -2.40. The Labute approximate surface area is 418 Å². The third-order valence-electron chi connectivity index (χ3n) is 13.7. The van der Waals surface area contributed by atoms with Gasteiger partial charge in [0.25, 0.3) is 11.4 Å². The number of rotatable bonds is 23. The summed E-state index contributed by atoms with van der Waals surface area (Å²) in [6.45, 7) is 14.1. The monoisotopic (exact) mass is 967 g/mol. The first-order chi connectivity index (χ1) is 34.1. The van der Waals surface area contributed by atoms with Crippen molar-refractivity contribution in [3.05, 3.63) is 152 Å². The van der Waals surface area contributed by atoms with Crippen molar-refractivity contribution in [2.24, 2.45) is 32.3 Å². The van der Waals surface area contributed by atoms with E-state index in [0.717, 1.165) is 49.9 Å². The first-order valence-electron chi connectivity index (χ1n) is 25.1. The minimum absolute atomic E-state index is 0.0481. The summed E-state index contributed by atoms with van der Waals surface area (Å²) in [6, 6.07) is 25.1. The van der Waals surface area contributed by atoms with Gasteiger partial charge < -0.3 is 25.1 Å². The maximum atomic E-state index is 14.0. The normalized spacial score (nSPS) is 12.9. The smallest absolute Gasteiger partial charge is 0.326 e. The molecule has 2 atom stereocenters. The summed E-state index contributed by atoms with van der Waals surface area (Å²) < 4.78 is 6.24. The first-order valence-corrected chi connectivity index (χ1v) is 25.1. The van der Waals surface area contributed by atoms with Crippen molar-refractivity contribution >= 4 is 22.7 Å². The third-order valence-corrected chi connectivity index (χ3v) is 13.7. The van der Waals surface area contributed by atoms with E-state index in [-0.39, 0.29) is 58.6 Å². The topological polar surface area (TPSA) is 168 Å². The van der Waals surface area contributed by atoms with Crippen LogP contribution in [-0.2, 0) is 13.1 Å². The molecule has 0 saturated heterocycles. The Kier molecular flexibility index (Phi) is 18.8. The van der Waals surface area contributed by atoms with Crippen molar-refractivity contribution in [1.29, 1.82) is 0 Å². The van der Waals surface area contributed by atoms with Gasteiger partial charge >= 0.3 is 11.1 Å². The van der Waals surface area contributed by atoms with Crippen LogP contribution in [0.15, 0.2) is 134 Å². The van der Waals surface area contributed by atoms with Crippen LogP contribution in [0.4, 0.5) is 22.7 Å². The van der Waals surface area contributed by atoms with Crippen LogP contribution < -0.4 is 20.3 Å². The fourth-order valence-electron chi connectivity index (χ4n) is 9.57. The molecule has 2 aromatic carbocycles. The van der Waals surface area contributed by atoms with Crippen molar-refractivity contribution in [3.63, 3.8) is 0 Å². The standard InChI is InChI=1S/C56H72N10O5/c1-11-40(12-2)47(42-23-26-44(27-24-42)57-59-48-38(5)50(63-31-17-15-18-32-63)55(70)65(53(48)68)35-21-29-61(7)8)43-25-28-46(45(37-43)52(67)41(13-3)14-4)58-60-49-39(6)51(64-33-19-16-20-34-64)56(71)66(54(49)69)36-22-30-62(9)10/h15-20,23-28,31-34,37,40-41,47,52,67H,11-14,21-22,29-30,35-36H2,1-10H3/p+2. The van der Waals surface area contributed by atoms with E-state index >= 15 is 0 Å². The highest BCUT2D eigenvalue weighted by atomic mass is 16.3. The molecule has 0 radical (unpaired) electrons. The van der Waals surface area contributed by atoms with Crippen LogP contribution in [0.5, 0.6) is 11.8 Å². The lowest BCUT2D eigenvalue weighted by Gasteiger charge is -2.28. The second-order valence-electron chi connectivity index (χ2n) is 19.0. The fraction of sp³-hybridized carbons (Fsp3) is 0.429. The van der Waals surface area contributed by atoms with Crippen molar-refractivity contribution in [2.75, 3.05) is 41.3 Å². The predicted octanol–water partition coefficient (Wildman–Crippen LogP) is 10.4. The van der Waals surface area contributed by atoms with Crippen molar-refractivity contribution in [2.45, 2.75) is 105 Å². The number of hydrogen-bond donors (Lipinski definition) is 3. The van der Waals surface area contributed by atoms with Crippen LogP contribution in [0.3, 0.4) is 0 Å². The van der Waals surface area contributed by atoms with Gasteiger partial charge in [0.1, 0.15) is 0 Å². The summed E-state index contributed by atoms with van der Waals surface area (Å²) in [5.41, 5.74) is 5.31. The number of aliphatic hydroxyl groups is 1. The number of benzene rings is 2. The van der Waals surface area contributed by atoms with Gasteiger partial charge in [-0.25, -0.2) is 0 Å². The van der Waals surface area contributed by atoms with E-state index in [1.165, 1.54) is 9.13 Å². The van der Waals surface area contributed by atoms with Crippen LogP contribution in [-0.4, -0.2) is 75.5 Å². The largest absolute Gasteiger partial charge is 0.493 e. The lowest BCUT2D eigenvalue weighted by molar-refractivity contribution is -0.597. The van der Waals surface area contributed by atoms with Gasteiger partial charge in [-0.15, -0.1) is 15.3 Å². The molecule has 15 nitrogen and oxygen atoms in total. The molecular weight excluding hydrogens is 893 g/mol. The minimum Gasteiger partial charge on any atom is -0.493 e. The van der Waals surface area contributed by atoms with Gasteiger partial charge in [-0.2, -0.15) is 14.2 Å². The molecule has 6 aromatic rings. The second kappa shape index (κ2) is 24.9. The molecule has 0 aliphatic heterocycles. The minimum atomic E-state index is -0.850. The fourth-order valence-corrected chi connectivity index (χ4v) is 9.57. The van der Waals surface area contributed by atoms with Gasteiger partial charge in [-0.3, -0.25) is 18.7 Å². The summed E-state index contributed by atoms with van der Waals surface area (Å²) >= 11 is 0. The van der Waals surface area contributed by atoms with Gasteiger partial charge in [0.2, 0.25) is 11.8 Å². The number of pyridine rings is 4. The molecule has 0 amide bonds. The molecule has 0 aliphatic carbocycles. The Morgan fingerprint density at radius 1 is 0.577 bits per heavy atom. The maximum Gasteiger partial charge on any atom is 0.326 e. The van der Waals surface area contributed by atoms with E-state index in [1.54, 1.807) is 47.8 Å². The van der Waals surface area contributed by atoms with Crippen molar-refractivity contribution in [1.82, 2.24) is 18.9 Å². The molecule has 2 unspecified atom stereocenters. The number of azo groups is 2. The number of aromatic hydroxyl groups is 2. The quantitative estimate of drug-likeness (QED) is 0.0424. The Hall–Kier alpha value is -6.68. The molecule has 71 heavy (non-hydrogen) atoms. The SMILES string of the molecule is CCC(CC)C(O)c1cc(C(c2ccc(N=Nc3c(C)c(-[n+]4ccccc4)c(=O)n(CCCN(C)C)c3O)cc2)C(CC)CC)ccc1N=Nc1c(C)c(-[n+]2ccccc2)c(=O)n(CCCN(C)C)c1O. The molecule has 0 saturated carbocycles. The maximum absolute atomic E-state index is 14.0. The van der Waals surface area contributed by atoms with Crippen molar-refractivity contribution < 1.29 is 24.5 Å². The molecule has 376 valence electrons. The first kappa shape index (κ1) is 53.7. The van der Waals surface area contributed by atoms with Crippen LogP contribution in [0, 0.1) is 25.7 Å². The van der Waals surface area contributed by atoms with E-state index in [9.17, 15) is 24.9 Å². The lowest BCUT2D eigenvalue weighted by atomic mass is 9.77. The summed E-state index contributed by atoms with van der Waals surface area (Å²) in [6.07, 6.45) is 11.0. The zero-order valence-electron chi connectivity index (χ0n) is 43.3. The van der Waals surface area contributed by atoms with Crippen LogP contribution in [0.25, 0.3) is 11.4 Å². The van der Waals surface area contributed by atoms with E-state index in [1.807, 2.05) is 92.6 Å². The van der Waals surface area contributed by atoms with Gasteiger partial charge in [0.15, 0.2) is 36.2 Å². The van der Waals surface area contributed by atoms with Crippen molar-refractivity contribution in [3.8, 4) is 23.1 Å². The molecule has 4 heterocycles. The Morgan fingerprint density at radius 3 is 1.45 bits per heavy atom. The van der Waals surface area contributed by atoms with Gasteiger partial charge in [0.05, 0.1) is 28.6 Å². The summed E-state index contributed by atoms with van der Waals surface area (Å²) in [5, 5.41) is 54.1. The summed E-state index contributed by atoms with van der Waals surface area (Å²) in [5.74, 6) is -0.337. The molecule has 0 fully saturated rings. The van der Waals surface area contributed by atoms with E-state index < -0.39 is 6.10 Å². The molecule has 0 bridgehead atoms. The average molecular weight is 967 g/mol. The summed E-state index contributed by atoms with van der Waals surface area (Å²) in [4.78, 5) is 31.9. The molecule has 6 rings (SSSR count). The van der Waals surface area contributed by atoms with E-state index in [2.05, 4.69) is 62.2 Å². The second-order valence-corrected chi connectivity index (χ2v) is 19.0. The van der Waals surface area contributed by atoms with Gasteiger partial charge in [-0.1, -0.05) is 89.8 Å². The number of aliphatic hydroxyl groups excluding tert-OH is 1. The number of hydrogen-bond acceptors (Lipinski definition) is 11. The zero-order chi connectivity index (χ0) is 51.4. The van der Waals surface area contributed by atoms with Crippen LogP contribution in [0.2, 0.25) is 0 Å². The third kappa shape index (κ3) is 12.4. The highest BCUT2D eigenvalue weighted by Gasteiger charge is 2.30. The predicted molar refractivity (Wildman–Crippen MR) is 280 cm³/mol. The number of nitrogens with zero attached hydrogens (tertiary/aromatic N) is 10. The van der Waals surface area contributed by atoms with Crippen LogP contribution in [0.1, 0.15) is 106 Å². The van der Waals surface area contributed by atoms with E-state index in [0.29, 0.717) is 58.8 Å². The number of aromatic nitrogens is 4. The molecule has 0 spiro atoms. The molecule has 3 N–H and O–H groups in total. The van der Waals surface area contributed by atoms with E-state index in [4.69, 9.17) is 10.2 Å². The van der Waals surface area contributed by atoms with Crippen LogP contribution >= 0.6 is 0 Å². The molecule has 15 heteroatoms. The molecular formula is C56H74N10O5+2. The Bertz CT molecular complexity index is 2890. The Balaban J connectivity index is 1.41. The average Bonchev–Trinajstić information content (AvgIpc) is 3.36. The molecule has 4 aromatic heterocycles. The summed E-state index contributed by atoms with van der Waals surface area (Å²) in [7, 11) is 7.88. The van der Waals surface area contributed by atoms with Gasteiger partial charge in [-0.05, 0) is 109 Å².